The fourth-order valence-electron chi connectivity index (χ4n) is 1.52. The fraction of sp³-hybridized carbons (Fsp3) is 0.182. The van der Waals surface area contributed by atoms with Gasteiger partial charge < -0.3 is 10.3 Å². The molecule has 2 N–H and O–H groups in total. The molecule has 0 aliphatic rings. The highest BCUT2D eigenvalue weighted by molar-refractivity contribution is 5.85. The van der Waals surface area contributed by atoms with E-state index < -0.39 is 11.7 Å². The lowest BCUT2D eigenvalue weighted by Gasteiger charge is -2.08. The molecule has 0 fully saturated rings. The number of benzene rings is 1. The summed E-state index contributed by atoms with van der Waals surface area (Å²) in [7, 11) is 0. The average molecular weight is 278 g/mol. The molecular weight excluding hydrogens is 267 g/mol. The molecule has 0 radical (unpaired) electrons. The number of imidazole rings is 1. The van der Waals surface area contributed by atoms with E-state index in [-0.39, 0.29) is 12.4 Å². The van der Waals surface area contributed by atoms with Crippen molar-refractivity contribution in [2.75, 3.05) is 5.73 Å². The van der Waals surface area contributed by atoms with Crippen LogP contribution in [0, 0.1) is 0 Å². The highest BCUT2D eigenvalue weighted by atomic mass is 35.5. The summed E-state index contributed by atoms with van der Waals surface area (Å²) in [5.74, 6) is 0.344. The van der Waals surface area contributed by atoms with Crippen molar-refractivity contribution in [3.63, 3.8) is 0 Å². The van der Waals surface area contributed by atoms with E-state index in [1.54, 1.807) is 16.8 Å². The number of rotatable bonds is 2. The number of nitrogen functional groups attached to an aromatic ring is 1. The molecular formula is C11H11ClF3N3. The van der Waals surface area contributed by atoms with Crippen molar-refractivity contribution in [1.82, 2.24) is 9.55 Å². The molecule has 3 nitrogen and oxygen atoms in total. The van der Waals surface area contributed by atoms with E-state index in [0.29, 0.717) is 17.9 Å². The Hall–Kier alpha value is -1.69. The smallest absolute Gasteiger partial charge is 0.382 e. The zero-order valence-electron chi connectivity index (χ0n) is 9.19. The molecule has 0 aliphatic carbocycles. The molecule has 0 atom stereocenters. The first kappa shape index (κ1) is 14.4. The van der Waals surface area contributed by atoms with E-state index in [1.165, 1.54) is 12.4 Å². The summed E-state index contributed by atoms with van der Waals surface area (Å²) in [5.41, 5.74) is 5.32. The molecule has 1 aromatic carbocycles. The van der Waals surface area contributed by atoms with E-state index in [9.17, 15) is 13.2 Å². The van der Waals surface area contributed by atoms with Crippen LogP contribution in [0.2, 0.25) is 0 Å². The first-order chi connectivity index (χ1) is 7.95. The van der Waals surface area contributed by atoms with Gasteiger partial charge in [0.05, 0.1) is 11.9 Å². The zero-order chi connectivity index (χ0) is 12.5. The average Bonchev–Trinajstić information content (AvgIpc) is 2.63. The Labute approximate surface area is 108 Å². The normalized spacial score (nSPS) is 11.1. The Balaban J connectivity index is 0.00000162. The maximum Gasteiger partial charge on any atom is 0.416 e. The molecule has 0 bridgehead atoms. The van der Waals surface area contributed by atoms with E-state index in [0.717, 1.165) is 12.1 Å². The van der Waals surface area contributed by atoms with E-state index >= 15 is 0 Å². The number of nitrogens with two attached hydrogens (primary N) is 1. The summed E-state index contributed by atoms with van der Waals surface area (Å²) < 4.78 is 39.0. The fourth-order valence-corrected chi connectivity index (χ4v) is 1.52. The lowest BCUT2D eigenvalue weighted by atomic mass is 10.1. The van der Waals surface area contributed by atoms with Gasteiger partial charge in [-0.05, 0) is 17.7 Å². The highest BCUT2D eigenvalue weighted by Crippen LogP contribution is 2.29. The van der Waals surface area contributed by atoms with Gasteiger partial charge in [0.2, 0.25) is 0 Å². The third-order valence-corrected chi connectivity index (χ3v) is 2.27. The predicted octanol–water partition coefficient (Wildman–Crippen LogP) is 2.95. The van der Waals surface area contributed by atoms with Gasteiger partial charge >= 0.3 is 6.18 Å². The SMILES string of the molecule is Cl.Nc1cn(Cc2cccc(C(F)(F)F)c2)cn1. The van der Waals surface area contributed by atoms with Gasteiger partial charge in [-0.15, -0.1) is 12.4 Å². The predicted molar refractivity (Wildman–Crippen MR) is 64.4 cm³/mol. The van der Waals surface area contributed by atoms with E-state index in [1.807, 2.05) is 0 Å². The number of nitrogens with zero attached hydrogens (tertiary/aromatic N) is 2. The molecule has 0 saturated heterocycles. The minimum absolute atomic E-state index is 0. The molecule has 2 aromatic rings. The monoisotopic (exact) mass is 277 g/mol. The van der Waals surface area contributed by atoms with Gasteiger partial charge in [0.25, 0.3) is 0 Å². The summed E-state index contributed by atoms with van der Waals surface area (Å²) in [5, 5.41) is 0. The summed E-state index contributed by atoms with van der Waals surface area (Å²) in [6.45, 7) is 0.314. The first-order valence-corrected chi connectivity index (χ1v) is 4.88. The van der Waals surface area contributed by atoms with Crippen LogP contribution in [0.4, 0.5) is 19.0 Å². The van der Waals surface area contributed by atoms with Crippen LogP contribution in [0.3, 0.4) is 0 Å². The van der Waals surface area contributed by atoms with Crippen molar-refractivity contribution in [3.05, 3.63) is 47.9 Å². The number of aromatic nitrogens is 2. The molecule has 0 aliphatic heterocycles. The molecule has 98 valence electrons. The molecule has 2 rings (SSSR count). The maximum absolute atomic E-state index is 12.5. The number of hydrogen-bond acceptors (Lipinski definition) is 2. The van der Waals surface area contributed by atoms with Crippen molar-refractivity contribution in [1.29, 1.82) is 0 Å². The second kappa shape index (κ2) is 5.30. The third-order valence-electron chi connectivity index (χ3n) is 2.27. The molecule has 0 spiro atoms. The second-order valence-corrected chi connectivity index (χ2v) is 3.67. The zero-order valence-corrected chi connectivity index (χ0v) is 10.0. The van der Waals surface area contributed by atoms with Crippen LogP contribution in [0.15, 0.2) is 36.8 Å². The second-order valence-electron chi connectivity index (χ2n) is 3.67. The number of hydrogen-bond donors (Lipinski definition) is 1. The number of alkyl halides is 3. The van der Waals surface area contributed by atoms with Gasteiger partial charge in [-0.2, -0.15) is 13.2 Å². The van der Waals surface area contributed by atoms with Crippen LogP contribution in [0.1, 0.15) is 11.1 Å². The van der Waals surface area contributed by atoms with Crippen LogP contribution in [0.25, 0.3) is 0 Å². The first-order valence-electron chi connectivity index (χ1n) is 4.88. The lowest BCUT2D eigenvalue weighted by molar-refractivity contribution is -0.137. The van der Waals surface area contributed by atoms with E-state index in [2.05, 4.69) is 4.98 Å². The van der Waals surface area contributed by atoms with Gasteiger partial charge in [-0.3, -0.25) is 0 Å². The van der Waals surface area contributed by atoms with Crippen molar-refractivity contribution >= 4 is 18.2 Å². The minimum Gasteiger partial charge on any atom is -0.382 e. The van der Waals surface area contributed by atoms with Gasteiger partial charge in [-0.1, -0.05) is 12.1 Å². The summed E-state index contributed by atoms with van der Waals surface area (Å²) in [6.07, 6.45) is -1.26. The van der Waals surface area contributed by atoms with E-state index in [4.69, 9.17) is 5.73 Å². The molecule has 0 saturated carbocycles. The number of anilines is 1. The van der Waals surface area contributed by atoms with Crippen molar-refractivity contribution in [2.24, 2.45) is 0 Å². The van der Waals surface area contributed by atoms with Gasteiger partial charge in [-0.25, -0.2) is 4.98 Å². The highest BCUT2D eigenvalue weighted by Gasteiger charge is 2.30. The number of halogens is 4. The van der Waals surface area contributed by atoms with Crippen LogP contribution in [-0.2, 0) is 12.7 Å². The standard InChI is InChI=1S/C11H10F3N3.ClH/c12-11(13,14)9-3-1-2-8(4-9)5-17-6-10(15)16-7-17;/h1-4,6-7H,5,15H2;1H. The van der Waals surface area contributed by atoms with Crippen LogP contribution < -0.4 is 5.73 Å². The van der Waals surface area contributed by atoms with Crippen molar-refractivity contribution in [2.45, 2.75) is 12.7 Å². The van der Waals surface area contributed by atoms with Gasteiger partial charge in [0.1, 0.15) is 5.82 Å². The van der Waals surface area contributed by atoms with Gasteiger partial charge in [0.15, 0.2) is 0 Å². The summed E-state index contributed by atoms with van der Waals surface area (Å²) >= 11 is 0. The molecule has 0 unspecified atom stereocenters. The molecule has 18 heavy (non-hydrogen) atoms. The lowest BCUT2D eigenvalue weighted by Crippen LogP contribution is -2.06. The van der Waals surface area contributed by atoms with Crippen LogP contribution >= 0.6 is 12.4 Å². The van der Waals surface area contributed by atoms with Gasteiger partial charge in [0, 0.05) is 12.7 Å². The Kier molecular flexibility index (Phi) is 4.24. The quantitative estimate of drug-likeness (QED) is 0.917. The molecule has 0 amide bonds. The van der Waals surface area contributed by atoms with Crippen molar-refractivity contribution in [3.8, 4) is 0 Å². The Morgan fingerprint density at radius 2 is 2.00 bits per heavy atom. The Morgan fingerprint density at radius 1 is 1.28 bits per heavy atom. The maximum atomic E-state index is 12.5. The molecule has 1 heterocycles. The third kappa shape index (κ3) is 3.40. The molecule has 7 heteroatoms. The van der Waals surface area contributed by atoms with Crippen LogP contribution in [0.5, 0.6) is 0 Å². The Morgan fingerprint density at radius 3 is 2.56 bits per heavy atom. The minimum atomic E-state index is -4.32. The summed E-state index contributed by atoms with van der Waals surface area (Å²) in [4.78, 5) is 3.80. The summed E-state index contributed by atoms with van der Waals surface area (Å²) in [6, 6.07) is 5.19. The largest absolute Gasteiger partial charge is 0.416 e. The molecule has 1 aromatic heterocycles. The van der Waals surface area contributed by atoms with Crippen molar-refractivity contribution < 1.29 is 13.2 Å². The van der Waals surface area contributed by atoms with Crippen LogP contribution in [-0.4, -0.2) is 9.55 Å². The Bertz CT molecular complexity index is 522. The topological polar surface area (TPSA) is 43.8 Å².